The molecule has 2 amide bonds. The molecular weight excluding hydrogens is 877 g/mol. The van der Waals surface area contributed by atoms with Crippen LogP contribution in [0.2, 0.25) is 0 Å². The minimum absolute atomic E-state index is 0.0680. The summed E-state index contributed by atoms with van der Waals surface area (Å²) in [6.07, 6.45) is 6.87. The van der Waals surface area contributed by atoms with E-state index in [1.807, 2.05) is 0 Å². The average Bonchev–Trinajstić information content (AvgIpc) is 3.26. The maximum atomic E-state index is 12.6. The number of phenolic OH excluding ortho intramolecular Hbond substituents is 2. The van der Waals surface area contributed by atoms with Crippen molar-refractivity contribution < 1.29 is 39.5 Å². The topological polar surface area (TPSA) is 158 Å². The number of aliphatic hydroxyl groups excluding tert-OH is 2. The fourth-order valence-corrected chi connectivity index (χ4v) is 9.06. The third-order valence-corrected chi connectivity index (χ3v) is 13.5. The van der Waals surface area contributed by atoms with Gasteiger partial charge in [-0.3, -0.25) is 9.59 Å². The Hall–Kier alpha value is -5.06. The molecule has 0 fully saturated rings. The van der Waals surface area contributed by atoms with Gasteiger partial charge < -0.3 is 40.5 Å². The Labute approximate surface area is 420 Å². The van der Waals surface area contributed by atoms with Crippen LogP contribution in [0.3, 0.4) is 0 Å². The predicted octanol–water partition coefficient (Wildman–Crippen LogP) is 11.1. The number of fused-ring (bicyclic) bond motifs is 8. The molecule has 0 aromatic heterocycles. The molecule has 5 rings (SSSR count). The molecule has 1 aliphatic carbocycles. The van der Waals surface area contributed by atoms with E-state index in [4.69, 9.17) is 19.7 Å². The van der Waals surface area contributed by atoms with E-state index in [-0.39, 0.29) is 71.3 Å². The number of hydrogen-bond donors (Lipinski definition) is 6. The number of aromatic hydroxyl groups is 2. The van der Waals surface area contributed by atoms with Crippen molar-refractivity contribution in [3.63, 3.8) is 0 Å². The zero-order valence-corrected chi connectivity index (χ0v) is 44.8. The minimum Gasteiger partial charge on any atom is -0.507 e. The molecule has 8 bridgehead atoms. The number of hydrogen-bond acceptors (Lipinski definition) is 8. The van der Waals surface area contributed by atoms with Crippen molar-refractivity contribution in [2.24, 2.45) is 0 Å². The molecular formula is C60H86N2O8. The molecule has 384 valence electrons. The first kappa shape index (κ1) is 55.9. The van der Waals surface area contributed by atoms with Gasteiger partial charge in [-0.15, -0.1) is 0 Å². The molecule has 70 heavy (non-hydrogen) atoms. The van der Waals surface area contributed by atoms with Crippen LogP contribution in [0.5, 0.6) is 23.0 Å². The Balaban J connectivity index is 1.73. The smallest absolute Gasteiger partial charge is 0.220 e. The van der Waals surface area contributed by atoms with Crippen LogP contribution in [-0.2, 0) is 56.9 Å². The third-order valence-electron chi connectivity index (χ3n) is 13.5. The third kappa shape index (κ3) is 15.5. The van der Waals surface area contributed by atoms with Gasteiger partial charge in [0, 0.05) is 51.6 Å². The Bertz CT molecular complexity index is 2160. The van der Waals surface area contributed by atoms with Crippen molar-refractivity contribution in [1.29, 1.82) is 0 Å². The molecule has 0 saturated carbocycles. The first-order valence-electron chi connectivity index (χ1n) is 25.8. The molecule has 0 aliphatic heterocycles. The number of phenols is 2. The highest BCUT2D eigenvalue weighted by Gasteiger charge is 2.29. The Morgan fingerprint density at radius 1 is 0.429 bits per heavy atom. The van der Waals surface area contributed by atoms with E-state index in [0.29, 0.717) is 64.6 Å². The van der Waals surface area contributed by atoms with E-state index in [1.54, 1.807) is 0 Å². The van der Waals surface area contributed by atoms with Crippen molar-refractivity contribution in [2.75, 3.05) is 39.5 Å². The number of rotatable bonds is 18. The van der Waals surface area contributed by atoms with E-state index < -0.39 is 0 Å². The number of ether oxygens (including phenoxy) is 2. The Morgan fingerprint density at radius 2 is 0.686 bits per heavy atom. The van der Waals surface area contributed by atoms with Crippen molar-refractivity contribution in [3.05, 3.63) is 115 Å². The number of carbonyl (C=O) groups is 2. The molecule has 10 heteroatoms. The molecule has 4 aromatic carbocycles. The van der Waals surface area contributed by atoms with Gasteiger partial charge in [0.2, 0.25) is 11.8 Å². The van der Waals surface area contributed by atoms with Gasteiger partial charge in [0.25, 0.3) is 0 Å². The molecule has 0 unspecified atom stereocenters. The van der Waals surface area contributed by atoms with Crippen LogP contribution in [0.15, 0.2) is 48.5 Å². The van der Waals surface area contributed by atoms with E-state index in [0.717, 1.165) is 104 Å². The summed E-state index contributed by atoms with van der Waals surface area (Å²) in [5, 5.41) is 49.0. The van der Waals surface area contributed by atoms with Crippen LogP contribution in [0.4, 0.5) is 0 Å². The standard InChI is InChI=1S/C60H86N2O8/c1-57(2,3)47-31-39-27-43-35-49(59(7,8)9)37-45(55(43)69-25-17-13-15-19-51(65)61-21-23-63)29-41-33-48(58(4,5)6)34-42(54(41)68)30-46-38-50(60(10,11)12)36-44(28-40(32-47)53(39)67)56(46)70-26-18-14-16-20-52(66)62-22-24-64/h31-38,63-64,67-68H,13-30H2,1-12H3,(H,61,65)(H,62,66). The maximum absolute atomic E-state index is 12.6. The maximum Gasteiger partial charge on any atom is 0.220 e. The average molecular weight is 963 g/mol. The summed E-state index contributed by atoms with van der Waals surface area (Å²) in [4.78, 5) is 24.5. The van der Waals surface area contributed by atoms with Gasteiger partial charge in [0.1, 0.15) is 23.0 Å². The molecule has 0 saturated heterocycles. The largest absolute Gasteiger partial charge is 0.507 e. The molecule has 0 atom stereocenters. The fraction of sp³-hybridized carbons (Fsp3) is 0.567. The summed E-state index contributed by atoms with van der Waals surface area (Å²) in [5.74, 6) is 1.87. The molecule has 0 heterocycles. The number of unbranched alkanes of at least 4 members (excludes halogenated alkanes) is 4. The predicted molar refractivity (Wildman–Crippen MR) is 283 cm³/mol. The Kier molecular flexibility index (Phi) is 19.1. The van der Waals surface area contributed by atoms with Gasteiger partial charge in [0.15, 0.2) is 0 Å². The first-order valence-corrected chi connectivity index (χ1v) is 25.8. The van der Waals surface area contributed by atoms with Gasteiger partial charge in [0.05, 0.1) is 26.4 Å². The second-order valence-corrected chi connectivity index (χ2v) is 23.7. The summed E-state index contributed by atoms with van der Waals surface area (Å²) in [5.41, 5.74) is 10.7. The molecule has 0 spiro atoms. The number of benzene rings is 4. The zero-order chi connectivity index (χ0) is 51.6. The van der Waals surface area contributed by atoms with E-state index >= 15 is 0 Å². The molecule has 4 aromatic rings. The lowest BCUT2D eigenvalue weighted by Gasteiger charge is -2.28. The lowest BCUT2D eigenvalue weighted by Crippen LogP contribution is -2.25. The number of carbonyl (C=O) groups excluding carboxylic acids is 2. The van der Waals surface area contributed by atoms with Gasteiger partial charge in [-0.1, -0.05) is 132 Å². The highest BCUT2D eigenvalue weighted by atomic mass is 16.5. The van der Waals surface area contributed by atoms with Crippen LogP contribution >= 0.6 is 0 Å². The summed E-state index contributed by atoms with van der Waals surface area (Å²) in [7, 11) is 0. The van der Waals surface area contributed by atoms with Gasteiger partial charge in [-0.05, 0) is 127 Å². The van der Waals surface area contributed by atoms with Crippen molar-refractivity contribution >= 4 is 11.8 Å². The van der Waals surface area contributed by atoms with E-state index in [9.17, 15) is 19.8 Å². The quantitative estimate of drug-likeness (QED) is 0.0474. The SMILES string of the molecule is CC(C)(C)c1cc2c(O)c(c1)Cc1cc(C(C)(C)C)cc(c1OCCCCCC(=O)NCCO)Cc1cc(C(C)(C)C)cc(c1O)Cc1cc(C(C)(C)C)cc(c1OCCCCCC(=O)NCCO)C2. The lowest BCUT2D eigenvalue weighted by atomic mass is 9.79. The number of nitrogens with one attached hydrogen (secondary N) is 2. The summed E-state index contributed by atoms with van der Waals surface area (Å²) in [6.45, 7) is 27.7. The monoisotopic (exact) mass is 963 g/mol. The molecule has 1 aliphatic rings. The first-order chi connectivity index (χ1) is 32.8. The normalized spacial score (nSPS) is 13.2. The summed E-state index contributed by atoms with van der Waals surface area (Å²) < 4.78 is 13.8. The Morgan fingerprint density at radius 3 is 0.929 bits per heavy atom. The number of amides is 2. The lowest BCUT2D eigenvalue weighted by molar-refractivity contribution is -0.122. The zero-order valence-electron chi connectivity index (χ0n) is 44.8. The van der Waals surface area contributed by atoms with Crippen LogP contribution < -0.4 is 20.1 Å². The summed E-state index contributed by atoms with van der Waals surface area (Å²) in [6, 6.07) is 17.6. The van der Waals surface area contributed by atoms with Crippen LogP contribution in [0.1, 0.15) is 201 Å². The van der Waals surface area contributed by atoms with Gasteiger partial charge >= 0.3 is 0 Å². The number of aliphatic hydroxyl groups is 2. The van der Waals surface area contributed by atoms with Crippen LogP contribution in [0, 0.1) is 0 Å². The van der Waals surface area contributed by atoms with Gasteiger partial charge in [-0.25, -0.2) is 0 Å². The summed E-state index contributed by atoms with van der Waals surface area (Å²) >= 11 is 0. The second kappa shape index (κ2) is 23.9. The molecule has 10 nitrogen and oxygen atoms in total. The fourth-order valence-electron chi connectivity index (χ4n) is 9.06. The van der Waals surface area contributed by atoms with Crippen LogP contribution in [-0.4, -0.2) is 71.8 Å². The highest BCUT2D eigenvalue weighted by molar-refractivity contribution is 5.76. The second-order valence-electron chi connectivity index (χ2n) is 23.7. The molecule has 0 radical (unpaired) electrons. The van der Waals surface area contributed by atoms with E-state index in [1.165, 1.54) is 0 Å². The van der Waals surface area contributed by atoms with Crippen molar-refractivity contribution in [1.82, 2.24) is 10.6 Å². The van der Waals surface area contributed by atoms with E-state index in [2.05, 4.69) is 142 Å². The van der Waals surface area contributed by atoms with Crippen LogP contribution in [0.25, 0.3) is 0 Å². The minimum atomic E-state index is -0.234. The molecule has 6 N–H and O–H groups in total. The van der Waals surface area contributed by atoms with Crippen molar-refractivity contribution in [3.8, 4) is 23.0 Å². The van der Waals surface area contributed by atoms with Crippen molar-refractivity contribution in [2.45, 2.75) is 182 Å². The van der Waals surface area contributed by atoms with Gasteiger partial charge in [-0.2, -0.15) is 0 Å². The highest BCUT2D eigenvalue weighted by Crippen LogP contribution is 2.44.